The van der Waals surface area contributed by atoms with E-state index in [0.717, 1.165) is 0 Å². The standard InChI is InChI=1S/C11H17NO4/c1-15-10-6-7(8(12)3-4-13)5-9(14)11(10)16-2/h5-6,8,13-14H,3-4,12H2,1-2H3. The number of aliphatic hydroxyl groups excluding tert-OH is 1. The van der Waals surface area contributed by atoms with Crippen LogP contribution in [0.5, 0.6) is 17.2 Å². The van der Waals surface area contributed by atoms with E-state index in [1.54, 1.807) is 6.07 Å². The summed E-state index contributed by atoms with van der Waals surface area (Å²) in [4.78, 5) is 0. The molecular weight excluding hydrogens is 210 g/mol. The number of methoxy groups -OCH3 is 2. The average molecular weight is 227 g/mol. The third-order valence-corrected chi connectivity index (χ3v) is 2.35. The summed E-state index contributed by atoms with van der Waals surface area (Å²) in [6, 6.07) is 2.87. The van der Waals surface area contributed by atoms with Crippen LogP contribution in [0.15, 0.2) is 12.1 Å². The first-order chi connectivity index (χ1) is 7.63. The first-order valence-corrected chi connectivity index (χ1v) is 4.95. The van der Waals surface area contributed by atoms with Crippen LogP contribution in [-0.4, -0.2) is 31.0 Å². The van der Waals surface area contributed by atoms with Crippen molar-refractivity contribution < 1.29 is 19.7 Å². The number of rotatable bonds is 5. The molecule has 0 spiro atoms. The van der Waals surface area contributed by atoms with Gasteiger partial charge in [-0.2, -0.15) is 0 Å². The second-order valence-corrected chi connectivity index (χ2v) is 3.39. The van der Waals surface area contributed by atoms with E-state index in [9.17, 15) is 5.11 Å². The van der Waals surface area contributed by atoms with Gasteiger partial charge >= 0.3 is 0 Å². The van der Waals surface area contributed by atoms with Crippen molar-refractivity contribution in [2.45, 2.75) is 12.5 Å². The number of phenolic OH excluding ortho intramolecular Hbond substituents is 1. The monoisotopic (exact) mass is 227 g/mol. The Balaban J connectivity index is 3.09. The second kappa shape index (κ2) is 5.58. The van der Waals surface area contributed by atoms with Crippen LogP contribution in [-0.2, 0) is 0 Å². The average Bonchev–Trinajstić information content (AvgIpc) is 2.28. The summed E-state index contributed by atoms with van der Waals surface area (Å²) in [6.45, 7) is -0.00370. The van der Waals surface area contributed by atoms with Crippen LogP contribution in [0.25, 0.3) is 0 Å². The van der Waals surface area contributed by atoms with Crippen molar-refractivity contribution in [3.05, 3.63) is 17.7 Å². The minimum Gasteiger partial charge on any atom is -0.504 e. The molecule has 90 valence electrons. The van der Waals surface area contributed by atoms with Gasteiger partial charge in [-0.3, -0.25) is 0 Å². The molecule has 0 aliphatic rings. The number of hydrogen-bond donors (Lipinski definition) is 3. The molecule has 0 fully saturated rings. The van der Waals surface area contributed by atoms with Crippen LogP contribution in [0.3, 0.4) is 0 Å². The largest absolute Gasteiger partial charge is 0.504 e. The van der Waals surface area contributed by atoms with E-state index in [2.05, 4.69) is 0 Å². The lowest BCUT2D eigenvalue weighted by atomic mass is 10.0. The van der Waals surface area contributed by atoms with Crippen LogP contribution >= 0.6 is 0 Å². The number of hydrogen-bond acceptors (Lipinski definition) is 5. The van der Waals surface area contributed by atoms with Gasteiger partial charge in [0.2, 0.25) is 5.75 Å². The normalized spacial score (nSPS) is 12.2. The van der Waals surface area contributed by atoms with Crippen LogP contribution in [0.2, 0.25) is 0 Å². The van der Waals surface area contributed by atoms with Gasteiger partial charge in [0, 0.05) is 12.6 Å². The Kier molecular flexibility index (Phi) is 4.39. The fourth-order valence-electron chi connectivity index (χ4n) is 1.48. The van der Waals surface area contributed by atoms with Gasteiger partial charge in [-0.15, -0.1) is 0 Å². The van der Waals surface area contributed by atoms with Gasteiger partial charge in [-0.05, 0) is 24.1 Å². The third-order valence-electron chi connectivity index (χ3n) is 2.35. The van der Waals surface area contributed by atoms with Crippen molar-refractivity contribution in [2.24, 2.45) is 5.73 Å². The molecule has 0 bridgehead atoms. The molecule has 0 saturated carbocycles. The van der Waals surface area contributed by atoms with Crippen molar-refractivity contribution in [3.63, 3.8) is 0 Å². The summed E-state index contributed by atoms with van der Waals surface area (Å²) in [6.07, 6.45) is 0.426. The maximum absolute atomic E-state index is 9.70. The lowest BCUT2D eigenvalue weighted by Crippen LogP contribution is -2.12. The molecule has 1 aromatic carbocycles. The highest BCUT2D eigenvalue weighted by atomic mass is 16.5. The van der Waals surface area contributed by atoms with Crippen LogP contribution in [0.4, 0.5) is 0 Å². The van der Waals surface area contributed by atoms with E-state index in [4.69, 9.17) is 20.3 Å². The smallest absolute Gasteiger partial charge is 0.203 e. The van der Waals surface area contributed by atoms with E-state index < -0.39 is 0 Å². The topological polar surface area (TPSA) is 84.9 Å². The van der Waals surface area contributed by atoms with E-state index in [0.29, 0.717) is 17.7 Å². The molecule has 5 nitrogen and oxygen atoms in total. The minimum atomic E-state index is -0.337. The fraction of sp³-hybridized carbons (Fsp3) is 0.455. The van der Waals surface area contributed by atoms with Crippen LogP contribution in [0.1, 0.15) is 18.0 Å². The lowest BCUT2D eigenvalue weighted by Gasteiger charge is -2.15. The van der Waals surface area contributed by atoms with Gasteiger partial charge in [-0.1, -0.05) is 0 Å². The van der Waals surface area contributed by atoms with Crippen LogP contribution in [0, 0.1) is 0 Å². The van der Waals surface area contributed by atoms with Gasteiger partial charge in [0.25, 0.3) is 0 Å². The van der Waals surface area contributed by atoms with Gasteiger partial charge in [-0.25, -0.2) is 0 Å². The number of ether oxygens (including phenoxy) is 2. The van der Waals surface area contributed by atoms with Gasteiger partial charge in [0.15, 0.2) is 11.5 Å². The Labute approximate surface area is 94.4 Å². The highest BCUT2D eigenvalue weighted by Gasteiger charge is 2.14. The predicted molar refractivity (Wildman–Crippen MR) is 59.8 cm³/mol. The van der Waals surface area contributed by atoms with Gasteiger partial charge in [0.1, 0.15) is 0 Å². The fourth-order valence-corrected chi connectivity index (χ4v) is 1.48. The summed E-state index contributed by atoms with van der Waals surface area (Å²) >= 11 is 0. The van der Waals surface area contributed by atoms with Gasteiger partial charge in [0.05, 0.1) is 14.2 Å². The van der Waals surface area contributed by atoms with Crippen molar-refractivity contribution in [2.75, 3.05) is 20.8 Å². The maximum atomic E-state index is 9.70. The molecule has 1 atom stereocenters. The zero-order valence-corrected chi connectivity index (χ0v) is 9.43. The summed E-state index contributed by atoms with van der Waals surface area (Å²) < 4.78 is 10.1. The molecule has 0 aliphatic heterocycles. The Morgan fingerprint density at radius 1 is 1.31 bits per heavy atom. The molecule has 1 rings (SSSR count). The highest BCUT2D eigenvalue weighted by molar-refractivity contribution is 5.53. The SMILES string of the molecule is COc1cc(C(N)CCO)cc(O)c1OC. The van der Waals surface area contributed by atoms with Crippen molar-refractivity contribution in [1.82, 2.24) is 0 Å². The number of nitrogens with two attached hydrogens (primary N) is 1. The third kappa shape index (κ3) is 2.56. The van der Waals surface area contributed by atoms with E-state index in [1.807, 2.05) is 0 Å². The Morgan fingerprint density at radius 3 is 2.50 bits per heavy atom. The number of benzene rings is 1. The van der Waals surface area contributed by atoms with Crippen molar-refractivity contribution in [1.29, 1.82) is 0 Å². The quantitative estimate of drug-likeness (QED) is 0.692. The summed E-state index contributed by atoms with van der Waals surface area (Å²) in [7, 11) is 2.93. The molecule has 0 saturated heterocycles. The second-order valence-electron chi connectivity index (χ2n) is 3.39. The summed E-state index contributed by atoms with van der Waals surface area (Å²) in [5, 5.41) is 18.5. The van der Waals surface area contributed by atoms with Crippen molar-refractivity contribution >= 4 is 0 Å². The molecule has 0 aromatic heterocycles. The molecule has 5 heteroatoms. The Bertz CT molecular complexity index is 354. The molecule has 0 radical (unpaired) electrons. The molecule has 0 amide bonds. The van der Waals surface area contributed by atoms with Gasteiger partial charge < -0.3 is 25.4 Å². The van der Waals surface area contributed by atoms with Crippen LogP contribution < -0.4 is 15.2 Å². The molecular formula is C11H17NO4. The number of aliphatic hydroxyl groups is 1. The van der Waals surface area contributed by atoms with E-state index in [-0.39, 0.29) is 24.1 Å². The maximum Gasteiger partial charge on any atom is 0.203 e. The highest BCUT2D eigenvalue weighted by Crippen LogP contribution is 2.38. The molecule has 1 unspecified atom stereocenters. The zero-order chi connectivity index (χ0) is 12.1. The molecule has 1 aromatic rings. The van der Waals surface area contributed by atoms with E-state index in [1.165, 1.54) is 20.3 Å². The Morgan fingerprint density at radius 2 is 2.00 bits per heavy atom. The molecule has 16 heavy (non-hydrogen) atoms. The van der Waals surface area contributed by atoms with Crippen molar-refractivity contribution in [3.8, 4) is 17.2 Å². The Hall–Kier alpha value is -1.46. The molecule has 4 N–H and O–H groups in total. The first kappa shape index (κ1) is 12.6. The molecule has 0 heterocycles. The minimum absolute atomic E-state index is 0.00370. The predicted octanol–water partition coefficient (Wildman–Crippen LogP) is 0.792. The lowest BCUT2D eigenvalue weighted by molar-refractivity contribution is 0.276. The number of aromatic hydroxyl groups is 1. The molecule has 0 aliphatic carbocycles. The zero-order valence-electron chi connectivity index (χ0n) is 9.43. The summed E-state index contributed by atoms with van der Waals surface area (Å²) in [5.74, 6) is 0.679. The summed E-state index contributed by atoms with van der Waals surface area (Å²) in [5.41, 5.74) is 6.52. The number of phenols is 1. The van der Waals surface area contributed by atoms with E-state index >= 15 is 0 Å². The first-order valence-electron chi connectivity index (χ1n) is 4.95.